The van der Waals surface area contributed by atoms with E-state index in [1.807, 2.05) is 0 Å². The molecule has 0 radical (unpaired) electrons. The summed E-state index contributed by atoms with van der Waals surface area (Å²) in [6.45, 7) is 7.76. The normalized spacial score (nSPS) is 10.9. The smallest absolute Gasteiger partial charge is 0.238 e. The zero-order chi connectivity index (χ0) is 30.8. The van der Waals surface area contributed by atoms with Gasteiger partial charge in [-0.3, -0.25) is 14.6 Å². The van der Waals surface area contributed by atoms with Crippen molar-refractivity contribution in [3.8, 4) is 23.1 Å². The number of pyridine rings is 2. The minimum atomic E-state index is -0.579. The lowest BCUT2D eigenvalue weighted by Crippen LogP contribution is -2.25. The van der Waals surface area contributed by atoms with Gasteiger partial charge < -0.3 is 29.7 Å². The predicted octanol–water partition coefficient (Wildman–Crippen LogP) is 6.30. The highest BCUT2D eigenvalue weighted by Gasteiger charge is 2.16. The van der Waals surface area contributed by atoms with Gasteiger partial charge in [-0.05, 0) is 62.0 Å². The number of carbonyl (C=O) groups is 2. The van der Waals surface area contributed by atoms with Gasteiger partial charge in [0, 0.05) is 29.9 Å². The second-order valence-corrected chi connectivity index (χ2v) is 9.86. The molecule has 0 saturated heterocycles. The number of rotatable bonds is 14. The molecule has 4 rings (SSSR count). The van der Waals surface area contributed by atoms with Crippen LogP contribution in [-0.2, 0) is 9.59 Å². The van der Waals surface area contributed by atoms with Crippen molar-refractivity contribution in [2.45, 2.75) is 26.7 Å². The van der Waals surface area contributed by atoms with Crippen LogP contribution in [0.1, 0.15) is 26.7 Å². The van der Waals surface area contributed by atoms with E-state index < -0.39 is 24.1 Å². The summed E-state index contributed by atoms with van der Waals surface area (Å²) in [5.74, 6) is 0.105. The number of hydrogen-bond acceptors (Lipinski definition) is 8. The van der Waals surface area contributed by atoms with E-state index in [2.05, 4.69) is 39.3 Å². The highest BCUT2D eigenvalue weighted by molar-refractivity contribution is 6.32. The maximum Gasteiger partial charge on any atom is 0.238 e. The van der Waals surface area contributed by atoms with Crippen LogP contribution in [0.2, 0.25) is 5.02 Å². The van der Waals surface area contributed by atoms with Crippen molar-refractivity contribution in [2.75, 3.05) is 44.0 Å². The third-order valence-corrected chi connectivity index (χ3v) is 6.78. The van der Waals surface area contributed by atoms with Crippen LogP contribution in [0.25, 0.3) is 10.9 Å². The van der Waals surface area contributed by atoms with E-state index in [9.17, 15) is 14.0 Å². The van der Waals surface area contributed by atoms with Gasteiger partial charge >= 0.3 is 0 Å². The minimum Gasteiger partial charge on any atom is -0.493 e. The number of aromatic nitrogens is 2. The molecule has 2 heterocycles. The Labute approximate surface area is 254 Å². The molecule has 2 amide bonds. The van der Waals surface area contributed by atoms with Crippen molar-refractivity contribution in [3.05, 3.63) is 71.8 Å². The first-order valence-corrected chi connectivity index (χ1v) is 14.2. The number of nitrogens with one attached hydrogen (secondary N) is 2. The summed E-state index contributed by atoms with van der Waals surface area (Å²) < 4.78 is 30.7. The van der Waals surface area contributed by atoms with Gasteiger partial charge in [0.2, 0.25) is 17.7 Å². The van der Waals surface area contributed by atoms with Gasteiger partial charge in [-0.15, -0.1) is 0 Å². The van der Waals surface area contributed by atoms with Gasteiger partial charge in [0.05, 0.1) is 31.1 Å². The molecule has 10 nitrogen and oxygen atoms in total. The Kier molecular flexibility index (Phi) is 11.1. The maximum absolute atomic E-state index is 13.0. The number of methoxy groups -OCH3 is 1. The summed E-state index contributed by atoms with van der Waals surface area (Å²) in [6, 6.07) is 12.0. The lowest BCUT2D eigenvalue weighted by Gasteiger charge is -2.18. The molecule has 12 heteroatoms. The average Bonchev–Trinajstić information content (AvgIpc) is 2.99. The van der Waals surface area contributed by atoms with Crippen LogP contribution in [0.4, 0.5) is 15.8 Å². The van der Waals surface area contributed by atoms with Gasteiger partial charge in [0.25, 0.3) is 0 Å². The van der Waals surface area contributed by atoms with Gasteiger partial charge in [-0.2, -0.15) is 0 Å². The Balaban J connectivity index is 1.40. The van der Waals surface area contributed by atoms with Crippen molar-refractivity contribution >= 4 is 45.7 Å². The largest absolute Gasteiger partial charge is 0.493 e. The first kappa shape index (κ1) is 31.5. The van der Waals surface area contributed by atoms with Crippen LogP contribution >= 0.6 is 11.6 Å². The van der Waals surface area contributed by atoms with Gasteiger partial charge in [0.15, 0.2) is 11.5 Å². The van der Waals surface area contributed by atoms with E-state index in [-0.39, 0.29) is 16.6 Å². The van der Waals surface area contributed by atoms with E-state index in [4.69, 9.17) is 25.8 Å². The van der Waals surface area contributed by atoms with Crippen LogP contribution in [0.5, 0.6) is 23.1 Å². The van der Waals surface area contributed by atoms with Crippen molar-refractivity contribution in [1.82, 2.24) is 14.9 Å². The van der Waals surface area contributed by atoms with Gasteiger partial charge in [-0.25, -0.2) is 9.37 Å². The SMILES string of the molecule is CCN(CC)CCCOc1cc2nccc(Oc3ncc(NC(=O)CC(=O)Nc4ccc(F)cc4)cc3Cl)c2cc1OC. The lowest BCUT2D eigenvalue weighted by atomic mass is 10.2. The van der Waals surface area contributed by atoms with Crippen LogP contribution in [0.3, 0.4) is 0 Å². The van der Waals surface area contributed by atoms with Gasteiger partial charge in [0.1, 0.15) is 23.0 Å². The molecule has 0 bridgehead atoms. The summed E-state index contributed by atoms with van der Waals surface area (Å²) in [4.78, 5) is 35.6. The number of nitrogens with zero attached hydrogens (tertiary/aromatic N) is 3. The number of hydrogen-bond donors (Lipinski definition) is 2. The predicted molar refractivity (Wildman–Crippen MR) is 164 cm³/mol. The quantitative estimate of drug-likeness (QED) is 0.126. The lowest BCUT2D eigenvalue weighted by molar-refractivity contribution is -0.123. The molecule has 0 fully saturated rings. The summed E-state index contributed by atoms with van der Waals surface area (Å²) in [6.07, 6.45) is 3.39. The molecule has 0 spiro atoms. The van der Waals surface area contributed by atoms with Crippen LogP contribution in [0.15, 0.2) is 60.9 Å². The molecule has 2 N–H and O–H groups in total. The summed E-state index contributed by atoms with van der Waals surface area (Å²) in [5.41, 5.74) is 1.29. The van der Waals surface area contributed by atoms with Crippen molar-refractivity contribution in [3.63, 3.8) is 0 Å². The molecule has 226 valence electrons. The molecular formula is C31H33ClFN5O5. The van der Waals surface area contributed by atoms with E-state index in [0.29, 0.717) is 40.4 Å². The van der Waals surface area contributed by atoms with E-state index >= 15 is 0 Å². The molecule has 0 atom stereocenters. The molecule has 2 aromatic carbocycles. The Morgan fingerprint density at radius 2 is 1.65 bits per heavy atom. The molecule has 0 aliphatic rings. The highest BCUT2D eigenvalue weighted by atomic mass is 35.5. The number of carbonyl (C=O) groups excluding carboxylic acids is 2. The zero-order valence-corrected chi connectivity index (χ0v) is 24.9. The fourth-order valence-corrected chi connectivity index (χ4v) is 4.47. The average molecular weight is 610 g/mol. The summed E-state index contributed by atoms with van der Waals surface area (Å²) in [7, 11) is 1.57. The van der Waals surface area contributed by atoms with E-state index in [0.717, 1.165) is 26.1 Å². The molecule has 0 unspecified atom stereocenters. The number of benzene rings is 2. The number of anilines is 2. The molecular weight excluding hydrogens is 577 g/mol. The van der Waals surface area contributed by atoms with E-state index in [1.165, 1.54) is 36.5 Å². The number of amides is 2. The Morgan fingerprint density at radius 1 is 0.930 bits per heavy atom. The summed E-state index contributed by atoms with van der Waals surface area (Å²) >= 11 is 6.43. The Hall–Kier alpha value is -4.48. The number of halogens is 2. The second kappa shape index (κ2) is 15.1. The number of ether oxygens (including phenoxy) is 3. The molecule has 0 aliphatic heterocycles. The van der Waals surface area contributed by atoms with Gasteiger partial charge in [-0.1, -0.05) is 25.4 Å². The Morgan fingerprint density at radius 3 is 2.33 bits per heavy atom. The Bertz CT molecular complexity index is 1570. The molecule has 43 heavy (non-hydrogen) atoms. The fraction of sp³-hybridized carbons (Fsp3) is 0.290. The van der Waals surface area contributed by atoms with E-state index in [1.54, 1.807) is 31.5 Å². The van der Waals surface area contributed by atoms with Crippen LogP contribution in [0, 0.1) is 5.82 Å². The monoisotopic (exact) mass is 609 g/mol. The first-order chi connectivity index (χ1) is 20.8. The van der Waals surface area contributed by atoms with Crippen molar-refractivity contribution < 1.29 is 28.2 Å². The topological polar surface area (TPSA) is 115 Å². The molecule has 4 aromatic rings. The van der Waals surface area contributed by atoms with Crippen LogP contribution in [-0.4, -0.2) is 60.0 Å². The summed E-state index contributed by atoms with van der Waals surface area (Å²) in [5, 5.41) is 5.91. The van der Waals surface area contributed by atoms with Crippen LogP contribution < -0.4 is 24.8 Å². The zero-order valence-electron chi connectivity index (χ0n) is 24.2. The maximum atomic E-state index is 13.0. The highest BCUT2D eigenvalue weighted by Crippen LogP contribution is 2.38. The third kappa shape index (κ3) is 8.76. The molecule has 0 saturated carbocycles. The minimum absolute atomic E-state index is 0.108. The first-order valence-electron chi connectivity index (χ1n) is 13.8. The molecule has 0 aliphatic carbocycles. The molecule has 2 aromatic heterocycles. The number of fused-ring (bicyclic) bond motifs is 1. The fourth-order valence-electron chi connectivity index (χ4n) is 4.26. The third-order valence-electron chi connectivity index (χ3n) is 6.50. The standard InChI is InChI=1S/C31H33ClFN5O5/c1-4-38(5-2)13-6-14-42-28-17-25-23(16-27(28)41-3)26(11-12-34-25)43-31-24(32)15-22(19-35-31)37-30(40)18-29(39)36-21-9-7-20(33)8-10-21/h7-12,15-17,19H,4-6,13-14,18H2,1-3H3,(H,36,39)(H,37,40). The van der Waals surface area contributed by atoms with Crippen molar-refractivity contribution in [2.24, 2.45) is 0 Å². The van der Waals surface area contributed by atoms with Crippen molar-refractivity contribution in [1.29, 1.82) is 0 Å². The second-order valence-electron chi connectivity index (χ2n) is 9.45.